The van der Waals surface area contributed by atoms with Gasteiger partial charge in [0.05, 0.1) is 5.69 Å². The van der Waals surface area contributed by atoms with Gasteiger partial charge in [-0.05, 0) is 37.1 Å². The highest BCUT2D eigenvalue weighted by Gasteiger charge is 2.24. The first-order valence-electron chi connectivity index (χ1n) is 9.87. The molecule has 0 atom stereocenters. The first-order valence-corrected chi connectivity index (χ1v) is 9.87. The third-order valence-corrected chi connectivity index (χ3v) is 5.14. The molecule has 2 aliphatic rings. The van der Waals surface area contributed by atoms with Crippen molar-refractivity contribution in [2.45, 2.75) is 57.4 Å². The van der Waals surface area contributed by atoms with Crippen LogP contribution in [-0.2, 0) is 9.59 Å². The lowest BCUT2D eigenvalue weighted by Crippen LogP contribution is -2.50. The maximum Gasteiger partial charge on any atom is 0.251 e. The van der Waals surface area contributed by atoms with E-state index in [4.69, 9.17) is 0 Å². The Morgan fingerprint density at radius 3 is 2.41 bits per heavy atom. The normalized spacial score (nSPS) is 18.7. The molecule has 1 aliphatic carbocycles. The van der Waals surface area contributed by atoms with E-state index in [0.29, 0.717) is 23.8 Å². The summed E-state index contributed by atoms with van der Waals surface area (Å²) in [6, 6.07) is 7.24. The number of hydrazine groups is 1. The molecule has 1 saturated carbocycles. The highest BCUT2D eigenvalue weighted by atomic mass is 16.2. The summed E-state index contributed by atoms with van der Waals surface area (Å²) in [6.07, 6.45) is 8.09. The quantitative estimate of drug-likeness (QED) is 0.525. The fourth-order valence-electron chi connectivity index (χ4n) is 3.58. The van der Waals surface area contributed by atoms with Crippen molar-refractivity contribution in [1.82, 2.24) is 16.1 Å². The average molecular weight is 372 g/mol. The summed E-state index contributed by atoms with van der Waals surface area (Å²) in [6.45, 7) is 1.35. The molecule has 1 aromatic rings. The number of amides is 3. The smallest absolute Gasteiger partial charge is 0.251 e. The van der Waals surface area contributed by atoms with Gasteiger partial charge in [0.2, 0.25) is 11.8 Å². The third kappa shape index (κ3) is 5.53. The van der Waals surface area contributed by atoms with E-state index in [1.165, 1.54) is 43.5 Å². The number of hydrogen-bond acceptors (Lipinski definition) is 4. The van der Waals surface area contributed by atoms with E-state index in [2.05, 4.69) is 16.1 Å². The van der Waals surface area contributed by atoms with Gasteiger partial charge in [-0.1, -0.05) is 25.7 Å². The molecule has 0 unspecified atom stereocenters. The molecule has 0 radical (unpaired) electrons. The van der Waals surface area contributed by atoms with Crippen LogP contribution in [0.4, 0.5) is 5.69 Å². The molecule has 2 fully saturated rings. The Bertz CT molecular complexity index is 666. The van der Waals surface area contributed by atoms with Crippen LogP contribution >= 0.6 is 0 Å². The van der Waals surface area contributed by atoms with Crippen LogP contribution in [0.1, 0.15) is 61.7 Å². The molecule has 146 valence electrons. The Morgan fingerprint density at radius 1 is 1.00 bits per heavy atom. The molecule has 1 aliphatic heterocycles. The fourth-order valence-corrected chi connectivity index (χ4v) is 3.58. The molecule has 3 N–H and O–H groups in total. The number of rotatable bonds is 6. The molecule has 1 aromatic carbocycles. The monoisotopic (exact) mass is 372 g/mol. The second-order valence-electron chi connectivity index (χ2n) is 7.21. The van der Waals surface area contributed by atoms with Gasteiger partial charge in [0.25, 0.3) is 5.91 Å². The predicted octanol–water partition coefficient (Wildman–Crippen LogP) is 1.89. The molecule has 0 bridgehead atoms. The van der Waals surface area contributed by atoms with E-state index in [9.17, 15) is 14.4 Å². The van der Waals surface area contributed by atoms with Gasteiger partial charge in [-0.3, -0.25) is 19.8 Å². The Labute approximate surface area is 159 Å². The summed E-state index contributed by atoms with van der Waals surface area (Å²) in [7, 11) is 0. The van der Waals surface area contributed by atoms with Crippen molar-refractivity contribution < 1.29 is 14.4 Å². The Balaban J connectivity index is 1.44. The lowest BCUT2D eigenvalue weighted by molar-refractivity contribution is -0.130. The van der Waals surface area contributed by atoms with Crippen molar-refractivity contribution >= 4 is 23.4 Å². The van der Waals surface area contributed by atoms with E-state index in [1.807, 2.05) is 0 Å². The predicted molar refractivity (Wildman–Crippen MR) is 103 cm³/mol. The molecule has 1 heterocycles. The zero-order valence-corrected chi connectivity index (χ0v) is 15.6. The lowest BCUT2D eigenvalue weighted by Gasteiger charge is -2.27. The number of hydrogen-bond donors (Lipinski definition) is 3. The molecule has 1 saturated heterocycles. The zero-order chi connectivity index (χ0) is 19.1. The van der Waals surface area contributed by atoms with Crippen molar-refractivity contribution in [2.24, 2.45) is 0 Å². The number of anilines is 1. The Hall–Kier alpha value is -2.41. The second kappa shape index (κ2) is 9.50. The number of nitrogens with zero attached hydrogens (tertiary/aromatic N) is 1. The van der Waals surface area contributed by atoms with Crippen molar-refractivity contribution in [3.8, 4) is 0 Å². The SMILES string of the molecule is O=C1CCC(=O)N(c2ccc(C(=O)NCCNC3CCCCCC3)cc2)N1. The summed E-state index contributed by atoms with van der Waals surface area (Å²) in [5.41, 5.74) is 3.63. The standard InChI is InChI=1S/C20H28N4O3/c25-18-11-12-19(26)24(23-18)17-9-7-15(8-10-17)20(27)22-14-13-21-16-5-3-1-2-4-6-16/h7-10,16,21H,1-6,11-14H2,(H,22,27)(H,23,25). The van der Waals surface area contributed by atoms with Gasteiger partial charge in [-0.2, -0.15) is 0 Å². The minimum atomic E-state index is -0.183. The first kappa shape index (κ1) is 19.4. The van der Waals surface area contributed by atoms with Crippen LogP contribution in [0.3, 0.4) is 0 Å². The summed E-state index contributed by atoms with van der Waals surface area (Å²) < 4.78 is 0. The molecule has 3 rings (SSSR count). The minimum absolute atomic E-state index is 0.141. The van der Waals surface area contributed by atoms with E-state index < -0.39 is 0 Å². The number of carbonyl (C=O) groups is 3. The lowest BCUT2D eigenvalue weighted by atomic mass is 10.1. The highest BCUT2D eigenvalue weighted by molar-refractivity contribution is 6.01. The maximum atomic E-state index is 12.3. The maximum absolute atomic E-state index is 12.3. The highest BCUT2D eigenvalue weighted by Crippen LogP contribution is 2.18. The van der Waals surface area contributed by atoms with Gasteiger partial charge in [-0.25, -0.2) is 5.01 Å². The fraction of sp³-hybridized carbons (Fsp3) is 0.550. The van der Waals surface area contributed by atoms with Crippen molar-refractivity contribution in [3.05, 3.63) is 29.8 Å². The van der Waals surface area contributed by atoms with Gasteiger partial charge in [0.1, 0.15) is 0 Å². The van der Waals surface area contributed by atoms with Crippen molar-refractivity contribution in [3.63, 3.8) is 0 Å². The van der Waals surface area contributed by atoms with Crippen LogP contribution in [0.25, 0.3) is 0 Å². The van der Waals surface area contributed by atoms with Crippen molar-refractivity contribution in [1.29, 1.82) is 0 Å². The first-order chi connectivity index (χ1) is 13.1. The Morgan fingerprint density at radius 2 is 1.70 bits per heavy atom. The zero-order valence-electron chi connectivity index (χ0n) is 15.6. The van der Waals surface area contributed by atoms with Gasteiger partial charge in [-0.15, -0.1) is 0 Å². The topological polar surface area (TPSA) is 90.5 Å². The third-order valence-electron chi connectivity index (χ3n) is 5.14. The summed E-state index contributed by atoms with van der Waals surface area (Å²) in [5.74, 6) is -0.479. The Kier molecular flexibility index (Phi) is 6.81. The van der Waals surface area contributed by atoms with Gasteiger partial charge >= 0.3 is 0 Å². The second-order valence-corrected chi connectivity index (χ2v) is 7.21. The van der Waals surface area contributed by atoms with Crippen LogP contribution in [0, 0.1) is 0 Å². The summed E-state index contributed by atoms with van der Waals surface area (Å²) >= 11 is 0. The summed E-state index contributed by atoms with van der Waals surface area (Å²) in [5, 5.41) is 7.69. The summed E-state index contributed by atoms with van der Waals surface area (Å²) in [4.78, 5) is 35.6. The number of nitrogens with one attached hydrogen (secondary N) is 3. The molecule has 27 heavy (non-hydrogen) atoms. The van der Waals surface area contributed by atoms with E-state index >= 15 is 0 Å². The van der Waals surface area contributed by atoms with Crippen LogP contribution in [0.2, 0.25) is 0 Å². The average Bonchev–Trinajstić information content (AvgIpc) is 2.96. The van der Waals surface area contributed by atoms with Gasteiger partial charge in [0, 0.05) is 37.5 Å². The molecular weight excluding hydrogens is 344 g/mol. The minimum Gasteiger partial charge on any atom is -0.351 e. The molecule has 3 amide bonds. The molecule has 0 aromatic heterocycles. The molecular formula is C20H28N4O3. The van der Waals surface area contributed by atoms with Crippen LogP contribution in [-0.4, -0.2) is 36.9 Å². The van der Waals surface area contributed by atoms with E-state index in [0.717, 1.165) is 6.54 Å². The molecule has 7 heteroatoms. The van der Waals surface area contributed by atoms with E-state index in [1.54, 1.807) is 24.3 Å². The molecule has 7 nitrogen and oxygen atoms in total. The van der Waals surface area contributed by atoms with E-state index in [-0.39, 0.29) is 30.6 Å². The van der Waals surface area contributed by atoms with Gasteiger partial charge in [0.15, 0.2) is 0 Å². The van der Waals surface area contributed by atoms with Crippen LogP contribution in [0.5, 0.6) is 0 Å². The van der Waals surface area contributed by atoms with Crippen LogP contribution in [0.15, 0.2) is 24.3 Å². The largest absolute Gasteiger partial charge is 0.351 e. The van der Waals surface area contributed by atoms with Crippen LogP contribution < -0.4 is 21.1 Å². The molecule has 0 spiro atoms. The number of benzene rings is 1. The van der Waals surface area contributed by atoms with Gasteiger partial charge < -0.3 is 10.6 Å². The van der Waals surface area contributed by atoms with Crippen molar-refractivity contribution in [2.75, 3.05) is 18.1 Å². The number of carbonyl (C=O) groups excluding carboxylic acids is 3.